The van der Waals surface area contributed by atoms with Crippen LogP contribution in [0.15, 0.2) is 66.7 Å². The second-order valence-electron chi connectivity index (χ2n) is 9.23. The molecule has 0 aliphatic carbocycles. The van der Waals surface area contributed by atoms with E-state index in [2.05, 4.69) is 0 Å². The number of methoxy groups -OCH3 is 1. The van der Waals surface area contributed by atoms with Crippen molar-refractivity contribution in [2.24, 2.45) is 0 Å². The highest BCUT2D eigenvalue weighted by Crippen LogP contribution is 2.33. The van der Waals surface area contributed by atoms with Crippen LogP contribution in [0.4, 0.5) is 10.5 Å². The van der Waals surface area contributed by atoms with Crippen LogP contribution in [0.3, 0.4) is 0 Å². The number of aromatic carboxylic acids is 1. The Balaban J connectivity index is 1.23. The summed E-state index contributed by atoms with van der Waals surface area (Å²) >= 11 is 0. The molecule has 1 fully saturated rings. The van der Waals surface area contributed by atoms with E-state index in [1.54, 1.807) is 46.2 Å². The number of fused-ring (bicyclic) bond motifs is 1. The molecular formula is C29H28N2O7. The van der Waals surface area contributed by atoms with E-state index in [-0.39, 0.29) is 36.8 Å². The number of anilines is 1. The Hall–Kier alpha value is -4.53. The Morgan fingerprint density at radius 2 is 1.82 bits per heavy atom. The molecular weight excluding hydrogens is 488 g/mol. The molecule has 5 rings (SSSR count). The van der Waals surface area contributed by atoms with E-state index < -0.39 is 5.97 Å². The topological polar surface area (TPSA) is 106 Å². The van der Waals surface area contributed by atoms with E-state index in [4.69, 9.17) is 19.3 Å². The number of hydrogen-bond acceptors (Lipinski definition) is 6. The molecule has 0 saturated carbocycles. The second kappa shape index (κ2) is 10.8. The average Bonchev–Trinajstić information content (AvgIpc) is 2.95. The van der Waals surface area contributed by atoms with Crippen LogP contribution in [0.1, 0.15) is 44.7 Å². The minimum atomic E-state index is -0.999. The number of para-hydroxylation sites is 1. The molecule has 1 N–H and O–H groups in total. The summed E-state index contributed by atoms with van der Waals surface area (Å²) in [5.41, 5.74) is 3.18. The maximum absolute atomic E-state index is 13.4. The van der Waals surface area contributed by atoms with E-state index in [0.717, 1.165) is 11.3 Å². The Labute approximate surface area is 220 Å². The number of hydrogen-bond donors (Lipinski definition) is 1. The maximum Gasteiger partial charge on any atom is 0.414 e. The lowest BCUT2D eigenvalue weighted by Gasteiger charge is -2.40. The number of rotatable bonds is 7. The van der Waals surface area contributed by atoms with E-state index >= 15 is 0 Å². The molecule has 9 nitrogen and oxygen atoms in total. The molecule has 9 heteroatoms. The normalized spacial score (nSPS) is 15.4. The van der Waals surface area contributed by atoms with Crippen molar-refractivity contribution in [3.8, 4) is 11.5 Å². The first-order chi connectivity index (χ1) is 18.4. The van der Waals surface area contributed by atoms with Gasteiger partial charge in [-0.05, 0) is 48.7 Å². The maximum atomic E-state index is 13.4. The number of ether oxygens (including phenoxy) is 3. The number of carbonyl (C=O) groups is 3. The van der Waals surface area contributed by atoms with Crippen LogP contribution in [0.25, 0.3) is 0 Å². The van der Waals surface area contributed by atoms with Gasteiger partial charge in [-0.3, -0.25) is 9.69 Å². The van der Waals surface area contributed by atoms with Crippen molar-refractivity contribution in [2.45, 2.75) is 32.1 Å². The molecule has 0 spiro atoms. The third-order valence-corrected chi connectivity index (χ3v) is 6.90. The molecule has 0 bridgehead atoms. The first-order valence-electron chi connectivity index (χ1n) is 12.4. The Kier molecular flexibility index (Phi) is 7.17. The molecule has 0 atom stereocenters. The smallest absolute Gasteiger partial charge is 0.414 e. The highest BCUT2D eigenvalue weighted by atomic mass is 16.6. The summed E-state index contributed by atoms with van der Waals surface area (Å²) in [6.07, 6.45) is 0.919. The SMILES string of the molecule is COc1cc(OCc2cccc(C(=O)O)c2)ccc1C(=O)N1CCC(N2C(=O)OCc3ccccc32)CC1. The van der Waals surface area contributed by atoms with Gasteiger partial charge in [-0.2, -0.15) is 0 Å². The van der Waals surface area contributed by atoms with Crippen LogP contribution >= 0.6 is 0 Å². The number of carbonyl (C=O) groups excluding carboxylic acids is 2. The molecule has 2 aliphatic heterocycles. The summed E-state index contributed by atoms with van der Waals surface area (Å²) in [6.45, 7) is 1.44. The fourth-order valence-electron chi connectivity index (χ4n) is 4.92. The van der Waals surface area contributed by atoms with Gasteiger partial charge in [0, 0.05) is 30.8 Å². The van der Waals surface area contributed by atoms with Crippen molar-refractivity contribution in [1.29, 1.82) is 0 Å². The molecule has 0 unspecified atom stereocenters. The lowest BCUT2D eigenvalue weighted by molar-refractivity contribution is 0.0690. The summed E-state index contributed by atoms with van der Waals surface area (Å²) in [4.78, 5) is 40.6. The van der Waals surface area contributed by atoms with Gasteiger partial charge in [-0.1, -0.05) is 30.3 Å². The number of nitrogens with zero attached hydrogens (tertiary/aromatic N) is 2. The summed E-state index contributed by atoms with van der Waals surface area (Å²) in [7, 11) is 1.50. The third-order valence-electron chi connectivity index (χ3n) is 6.90. The van der Waals surface area contributed by atoms with Crippen LogP contribution in [-0.2, 0) is 18.0 Å². The highest BCUT2D eigenvalue weighted by molar-refractivity contribution is 5.97. The van der Waals surface area contributed by atoms with Gasteiger partial charge in [0.25, 0.3) is 5.91 Å². The Morgan fingerprint density at radius 1 is 1.03 bits per heavy atom. The molecule has 0 aromatic heterocycles. The van der Waals surface area contributed by atoms with Gasteiger partial charge in [0.05, 0.1) is 23.9 Å². The second-order valence-corrected chi connectivity index (χ2v) is 9.23. The van der Waals surface area contributed by atoms with Crippen molar-refractivity contribution >= 4 is 23.7 Å². The highest BCUT2D eigenvalue weighted by Gasteiger charge is 2.35. The first kappa shape index (κ1) is 25.1. The molecule has 2 amide bonds. The van der Waals surface area contributed by atoms with Crippen molar-refractivity contribution in [3.05, 3.63) is 89.0 Å². The quantitative estimate of drug-likeness (QED) is 0.484. The van der Waals surface area contributed by atoms with Gasteiger partial charge in [0.1, 0.15) is 24.7 Å². The minimum Gasteiger partial charge on any atom is -0.496 e. The van der Waals surface area contributed by atoms with Gasteiger partial charge in [0.15, 0.2) is 0 Å². The largest absolute Gasteiger partial charge is 0.496 e. The van der Waals surface area contributed by atoms with Crippen molar-refractivity contribution in [1.82, 2.24) is 4.90 Å². The summed E-state index contributed by atoms with van der Waals surface area (Å²) in [5.74, 6) is -0.258. The van der Waals surface area contributed by atoms with Crippen molar-refractivity contribution in [3.63, 3.8) is 0 Å². The first-order valence-corrected chi connectivity index (χ1v) is 12.4. The number of carboxylic acids is 1. The number of likely N-dealkylation sites (tertiary alicyclic amines) is 1. The number of benzene rings is 3. The van der Waals surface area contributed by atoms with Crippen LogP contribution < -0.4 is 14.4 Å². The van der Waals surface area contributed by atoms with E-state index in [1.165, 1.54) is 13.2 Å². The molecule has 0 radical (unpaired) electrons. The van der Waals surface area contributed by atoms with Gasteiger partial charge in [0.2, 0.25) is 0 Å². The minimum absolute atomic E-state index is 0.0506. The third kappa shape index (κ3) is 5.13. The summed E-state index contributed by atoms with van der Waals surface area (Å²) in [6, 6.07) is 19.2. The lowest BCUT2D eigenvalue weighted by atomic mass is 10.00. The molecule has 3 aromatic carbocycles. The van der Waals surface area contributed by atoms with E-state index in [0.29, 0.717) is 48.6 Å². The zero-order valence-electron chi connectivity index (χ0n) is 21.0. The number of piperidine rings is 1. The average molecular weight is 517 g/mol. The van der Waals surface area contributed by atoms with Gasteiger partial charge >= 0.3 is 12.1 Å². The molecule has 2 heterocycles. The summed E-state index contributed by atoms with van der Waals surface area (Å²) < 4.78 is 16.7. The number of carboxylic acid groups (broad SMARTS) is 1. The predicted octanol–water partition coefficient (Wildman–Crippen LogP) is 4.73. The van der Waals surface area contributed by atoms with Crippen LogP contribution in [0, 0.1) is 0 Å². The van der Waals surface area contributed by atoms with E-state index in [1.807, 2.05) is 24.3 Å². The predicted molar refractivity (Wildman–Crippen MR) is 139 cm³/mol. The van der Waals surface area contributed by atoms with Crippen LogP contribution in [-0.4, -0.2) is 54.2 Å². The number of cyclic esters (lactones) is 1. The van der Waals surface area contributed by atoms with Crippen molar-refractivity contribution in [2.75, 3.05) is 25.1 Å². The van der Waals surface area contributed by atoms with E-state index in [9.17, 15) is 14.4 Å². The molecule has 38 heavy (non-hydrogen) atoms. The van der Waals surface area contributed by atoms with Gasteiger partial charge in [-0.15, -0.1) is 0 Å². The molecule has 1 saturated heterocycles. The van der Waals surface area contributed by atoms with Crippen LogP contribution in [0.5, 0.6) is 11.5 Å². The zero-order valence-corrected chi connectivity index (χ0v) is 21.0. The summed E-state index contributed by atoms with van der Waals surface area (Å²) in [5, 5.41) is 9.17. The zero-order chi connectivity index (χ0) is 26.6. The lowest BCUT2D eigenvalue weighted by Crippen LogP contribution is -2.50. The van der Waals surface area contributed by atoms with Crippen molar-refractivity contribution < 1.29 is 33.7 Å². The Morgan fingerprint density at radius 3 is 2.58 bits per heavy atom. The fourth-order valence-corrected chi connectivity index (χ4v) is 4.92. The molecule has 196 valence electrons. The Bertz CT molecular complexity index is 1360. The number of amides is 2. The standard InChI is InChI=1S/C29H28N2O7/c1-36-26-16-23(37-17-19-5-4-7-20(15-19)28(33)34)9-10-24(26)27(32)30-13-11-22(12-14-30)31-25-8-3-2-6-21(25)18-38-29(31)35/h2-10,15-16,22H,11-14,17-18H2,1H3,(H,33,34). The van der Waals surface area contributed by atoms with Crippen LogP contribution in [0.2, 0.25) is 0 Å². The monoisotopic (exact) mass is 516 g/mol. The molecule has 3 aromatic rings. The fraction of sp³-hybridized carbons (Fsp3) is 0.276. The van der Waals surface area contributed by atoms with Gasteiger partial charge in [-0.25, -0.2) is 9.59 Å². The molecule has 2 aliphatic rings. The van der Waals surface area contributed by atoms with Gasteiger partial charge < -0.3 is 24.2 Å².